The summed E-state index contributed by atoms with van der Waals surface area (Å²) in [7, 11) is 4.88. The Labute approximate surface area is 198 Å². The van der Waals surface area contributed by atoms with Gasteiger partial charge in [-0.15, -0.1) is 0 Å². The molecule has 0 saturated carbocycles. The van der Waals surface area contributed by atoms with Crippen LogP contribution in [-0.4, -0.2) is 42.7 Å². The zero-order valence-electron chi connectivity index (χ0n) is 21.6. The molecule has 0 aliphatic carbocycles. The molecule has 0 N–H and O–H groups in total. The van der Waals surface area contributed by atoms with E-state index in [1.807, 2.05) is 37.1 Å². The van der Waals surface area contributed by atoms with Crippen LogP contribution in [0, 0.1) is 19.8 Å². The van der Waals surface area contributed by atoms with Crippen molar-refractivity contribution in [2.24, 2.45) is 13.0 Å². The maximum Gasteiger partial charge on any atom is 0.261 e. The number of carbonyl (C=O) groups excluding carboxylic acids is 1. The Bertz CT molecular complexity index is 1000. The molecule has 1 unspecified atom stereocenters. The van der Waals surface area contributed by atoms with Gasteiger partial charge in [0.2, 0.25) is 0 Å². The average Bonchev–Trinajstić information content (AvgIpc) is 2.82. The SMILES string of the molecule is CCCN(CCCC(C)CC)C(=O)c1c(OC)cc(-c2cn(C)c(=O)c(C)c2C)cc1OC. The number of aryl methyl sites for hydroxylation is 1. The molecule has 0 saturated heterocycles. The van der Waals surface area contributed by atoms with Crippen molar-refractivity contribution < 1.29 is 14.3 Å². The number of pyridine rings is 1. The highest BCUT2D eigenvalue weighted by atomic mass is 16.5. The maximum absolute atomic E-state index is 13.6. The molecule has 0 bridgehead atoms. The lowest BCUT2D eigenvalue weighted by molar-refractivity contribution is 0.0743. The van der Waals surface area contributed by atoms with Crippen LogP contribution in [0.5, 0.6) is 11.5 Å². The molecular weight excluding hydrogens is 416 g/mol. The summed E-state index contributed by atoms with van der Waals surface area (Å²) in [6.45, 7) is 11.7. The first-order valence-electron chi connectivity index (χ1n) is 11.9. The Hall–Kier alpha value is -2.76. The number of hydrogen-bond donors (Lipinski definition) is 0. The minimum absolute atomic E-state index is 0.0189. The summed E-state index contributed by atoms with van der Waals surface area (Å²) in [5.41, 5.74) is 3.77. The van der Waals surface area contributed by atoms with Gasteiger partial charge >= 0.3 is 0 Å². The van der Waals surface area contributed by atoms with Crippen LogP contribution in [0.25, 0.3) is 11.1 Å². The van der Waals surface area contributed by atoms with Gasteiger partial charge in [-0.05, 0) is 62.3 Å². The minimum Gasteiger partial charge on any atom is -0.496 e. The molecule has 1 amide bonds. The standard InChI is InChI=1S/C27H40N2O4/c1-9-13-29(14-11-12-18(3)10-2)27(31)25-23(32-7)15-21(16-24(25)33-8)22-17-28(6)26(30)20(5)19(22)4/h15-18H,9-14H2,1-8H3. The van der Waals surface area contributed by atoms with E-state index in [0.717, 1.165) is 42.4 Å². The molecule has 1 aromatic carbocycles. The highest BCUT2D eigenvalue weighted by molar-refractivity contribution is 6.00. The van der Waals surface area contributed by atoms with Crippen LogP contribution in [0.3, 0.4) is 0 Å². The second-order valence-corrected chi connectivity index (χ2v) is 8.91. The van der Waals surface area contributed by atoms with Crippen molar-refractivity contribution in [1.82, 2.24) is 9.47 Å². The van der Waals surface area contributed by atoms with E-state index in [1.54, 1.807) is 25.8 Å². The van der Waals surface area contributed by atoms with Gasteiger partial charge in [0.05, 0.1) is 14.2 Å². The van der Waals surface area contributed by atoms with E-state index < -0.39 is 0 Å². The lowest BCUT2D eigenvalue weighted by atomic mass is 9.97. The number of methoxy groups -OCH3 is 2. The van der Waals surface area contributed by atoms with Crippen LogP contribution in [0.1, 0.15) is 67.9 Å². The maximum atomic E-state index is 13.6. The fourth-order valence-corrected chi connectivity index (χ4v) is 4.12. The lowest BCUT2D eigenvalue weighted by Gasteiger charge is -2.25. The van der Waals surface area contributed by atoms with Crippen LogP contribution >= 0.6 is 0 Å². The summed E-state index contributed by atoms with van der Waals surface area (Å²) in [6, 6.07) is 3.73. The predicted molar refractivity (Wildman–Crippen MR) is 135 cm³/mol. The molecule has 1 atom stereocenters. The van der Waals surface area contributed by atoms with Crippen molar-refractivity contribution in [3.63, 3.8) is 0 Å². The van der Waals surface area contributed by atoms with E-state index in [9.17, 15) is 9.59 Å². The third-order valence-corrected chi connectivity index (χ3v) is 6.56. The predicted octanol–water partition coefficient (Wildman–Crippen LogP) is 5.36. The third kappa shape index (κ3) is 5.98. The van der Waals surface area contributed by atoms with Crippen molar-refractivity contribution in [2.45, 2.75) is 60.3 Å². The van der Waals surface area contributed by atoms with Crippen LogP contribution in [0.4, 0.5) is 0 Å². The average molecular weight is 457 g/mol. The van der Waals surface area contributed by atoms with Gasteiger partial charge in [-0.3, -0.25) is 9.59 Å². The first-order chi connectivity index (χ1) is 15.7. The molecule has 2 aromatic rings. The number of rotatable bonds is 11. The topological polar surface area (TPSA) is 60.8 Å². The number of hydrogen-bond acceptors (Lipinski definition) is 4. The number of nitrogens with zero attached hydrogens (tertiary/aromatic N) is 2. The van der Waals surface area contributed by atoms with Gasteiger partial charge in [-0.2, -0.15) is 0 Å². The molecule has 33 heavy (non-hydrogen) atoms. The highest BCUT2D eigenvalue weighted by Crippen LogP contribution is 2.37. The summed E-state index contributed by atoms with van der Waals surface area (Å²) >= 11 is 0. The number of benzene rings is 1. The first kappa shape index (κ1) is 26.5. The Morgan fingerprint density at radius 3 is 2.18 bits per heavy atom. The van der Waals surface area contributed by atoms with Crippen LogP contribution in [-0.2, 0) is 7.05 Å². The summed E-state index contributed by atoms with van der Waals surface area (Å²) < 4.78 is 13.0. The van der Waals surface area contributed by atoms with Crippen molar-refractivity contribution in [3.05, 3.63) is 45.4 Å². The van der Waals surface area contributed by atoms with Crippen LogP contribution < -0.4 is 15.0 Å². The fraction of sp³-hybridized carbons (Fsp3) is 0.556. The van der Waals surface area contributed by atoms with Gasteiger partial charge in [0.1, 0.15) is 17.1 Å². The number of aromatic nitrogens is 1. The van der Waals surface area contributed by atoms with E-state index in [1.165, 1.54) is 0 Å². The summed E-state index contributed by atoms with van der Waals surface area (Å²) in [6.07, 6.45) is 5.92. The van der Waals surface area contributed by atoms with Gasteiger partial charge in [-0.1, -0.05) is 27.2 Å². The quantitative estimate of drug-likeness (QED) is 0.456. The number of amides is 1. The Kier molecular flexibility index (Phi) is 9.56. The van der Waals surface area contributed by atoms with Gasteiger partial charge in [0.15, 0.2) is 0 Å². The molecule has 0 spiro atoms. The smallest absolute Gasteiger partial charge is 0.261 e. The number of ether oxygens (including phenoxy) is 2. The summed E-state index contributed by atoms with van der Waals surface area (Å²) in [5.74, 6) is 1.53. The largest absolute Gasteiger partial charge is 0.496 e. The van der Waals surface area contributed by atoms with Gasteiger partial charge in [-0.25, -0.2) is 0 Å². The van der Waals surface area contributed by atoms with Crippen LogP contribution in [0.2, 0.25) is 0 Å². The van der Waals surface area contributed by atoms with Crippen LogP contribution in [0.15, 0.2) is 23.1 Å². The second-order valence-electron chi connectivity index (χ2n) is 8.91. The van der Waals surface area contributed by atoms with Crippen molar-refractivity contribution in [3.8, 4) is 22.6 Å². The van der Waals surface area contributed by atoms with Crippen molar-refractivity contribution >= 4 is 5.91 Å². The zero-order chi connectivity index (χ0) is 24.7. The lowest BCUT2D eigenvalue weighted by Crippen LogP contribution is -2.33. The molecule has 1 heterocycles. The van der Waals surface area contributed by atoms with Crippen molar-refractivity contribution in [1.29, 1.82) is 0 Å². The van der Waals surface area contributed by atoms with Gasteiger partial charge in [0, 0.05) is 37.5 Å². The summed E-state index contributed by atoms with van der Waals surface area (Å²) in [4.78, 5) is 27.8. The van der Waals surface area contributed by atoms with E-state index in [0.29, 0.717) is 41.6 Å². The molecular formula is C27H40N2O4. The molecule has 0 fully saturated rings. The molecule has 0 aliphatic rings. The van der Waals surface area contributed by atoms with Gasteiger partial charge < -0.3 is 18.9 Å². The second kappa shape index (κ2) is 11.9. The molecule has 0 radical (unpaired) electrons. The normalized spacial score (nSPS) is 11.9. The molecule has 182 valence electrons. The first-order valence-corrected chi connectivity index (χ1v) is 11.9. The highest BCUT2D eigenvalue weighted by Gasteiger charge is 2.25. The Morgan fingerprint density at radius 1 is 1.06 bits per heavy atom. The van der Waals surface area contributed by atoms with Crippen molar-refractivity contribution in [2.75, 3.05) is 27.3 Å². The third-order valence-electron chi connectivity index (χ3n) is 6.56. The Balaban J connectivity index is 2.52. The molecule has 2 rings (SSSR count). The Morgan fingerprint density at radius 2 is 1.67 bits per heavy atom. The van der Waals surface area contributed by atoms with E-state index in [2.05, 4.69) is 20.8 Å². The van der Waals surface area contributed by atoms with Gasteiger partial charge in [0.25, 0.3) is 11.5 Å². The molecule has 0 aliphatic heterocycles. The minimum atomic E-state index is -0.0744. The van der Waals surface area contributed by atoms with E-state index >= 15 is 0 Å². The van der Waals surface area contributed by atoms with E-state index in [4.69, 9.17) is 9.47 Å². The summed E-state index contributed by atoms with van der Waals surface area (Å²) in [5, 5.41) is 0. The molecule has 1 aromatic heterocycles. The van der Waals surface area contributed by atoms with E-state index in [-0.39, 0.29) is 11.5 Å². The molecule has 6 nitrogen and oxygen atoms in total. The fourth-order valence-electron chi connectivity index (χ4n) is 4.12. The molecule has 6 heteroatoms. The zero-order valence-corrected chi connectivity index (χ0v) is 21.6. The monoisotopic (exact) mass is 456 g/mol. The number of carbonyl (C=O) groups is 1.